The van der Waals surface area contributed by atoms with E-state index in [1.165, 1.54) is 5.56 Å². The van der Waals surface area contributed by atoms with Crippen LogP contribution in [0.1, 0.15) is 84.8 Å². The molecule has 1 aliphatic rings. The Hall–Kier alpha value is -1.39. The van der Waals surface area contributed by atoms with Crippen LogP contribution in [0.2, 0.25) is 16.6 Å². The van der Waals surface area contributed by atoms with Crippen molar-refractivity contribution in [3.05, 3.63) is 41.0 Å². The highest BCUT2D eigenvalue weighted by molar-refractivity contribution is 6.77. The number of cyclic esters (lactones) is 1. The summed E-state index contributed by atoms with van der Waals surface area (Å²) in [5.41, 5.74) is 4.76. The Morgan fingerprint density at radius 2 is 1.69 bits per heavy atom. The van der Waals surface area contributed by atoms with Crippen LogP contribution < -0.4 is 0 Å². The molecule has 0 amide bonds. The Bertz CT molecular complexity index is 684. The first-order valence-electron chi connectivity index (χ1n) is 11.3. The Morgan fingerprint density at radius 1 is 1.07 bits per heavy atom. The summed E-state index contributed by atoms with van der Waals surface area (Å²) in [6.07, 6.45) is 4.88. The number of unbranched alkanes of at least 4 members (excludes halogenated alkanes) is 1. The van der Waals surface area contributed by atoms with Gasteiger partial charge in [0.1, 0.15) is 6.61 Å². The van der Waals surface area contributed by atoms with Crippen molar-refractivity contribution < 1.29 is 14.0 Å². The average Bonchev–Trinajstić information content (AvgIpc) is 2.66. The summed E-state index contributed by atoms with van der Waals surface area (Å²) in [4.78, 5) is 12.6. The molecular formula is C25H40O3Si. The van der Waals surface area contributed by atoms with Gasteiger partial charge >= 0.3 is 5.97 Å². The SMILES string of the molecule is CCCC/C1=C/c2ccccc2C(CO[Si](C(C)C)(C(C)C)C(C)C)COC1=O. The number of carbonyl (C=O) groups is 1. The van der Waals surface area contributed by atoms with Crippen LogP contribution in [0.4, 0.5) is 0 Å². The van der Waals surface area contributed by atoms with Crippen molar-refractivity contribution in [3.8, 4) is 0 Å². The van der Waals surface area contributed by atoms with Crippen LogP contribution in [0.15, 0.2) is 29.8 Å². The van der Waals surface area contributed by atoms with Gasteiger partial charge < -0.3 is 9.16 Å². The van der Waals surface area contributed by atoms with Gasteiger partial charge in [-0.15, -0.1) is 0 Å². The fraction of sp³-hybridized carbons (Fsp3) is 0.640. The molecule has 3 nitrogen and oxygen atoms in total. The van der Waals surface area contributed by atoms with Crippen molar-refractivity contribution in [2.45, 2.75) is 90.3 Å². The number of fused-ring (bicyclic) bond motifs is 1. The van der Waals surface area contributed by atoms with Crippen LogP contribution in [-0.4, -0.2) is 27.5 Å². The largest absolute Gasteiger partial charge is 0.462 e. The normalized spacial score (nSPS) is 19.6. The molecule has 1 unspecified atom stereocenters. The quantitative estimate of drug-likeness (QED) is 0.318. The minimum Gasteiger partial charge on any atom is -0.462 e. The van der Waals surface area contributed by atoms with E-state index in [4.69, 9.17) is 9.16 Å². The molecule has 0 radical (unpaired) electrons. The van der Waals surface area contributed by atoms with Crippen molar-refractivity contribution in [2.24, 2.45) is 0 Å². The van der Waals surface area contributed by atoms with Gasteiger partial charge in [-0.2, -0.15) is 0 Å². The number of hydrogen-bond acceptors (Lipinski definition) is 3. The maximum atomic E-state index is 12.6. The number of hydrogen-bond donors (Lipinski definition) is 0. The minimum atomic E-state index is -1.97. The van der Waals surface area contributed by atoms with Crippen molar-refractivity contribution in [3.63, 3.8) is 0 Å². The van der Waals surface area contributed by atoms with Crippen LogP contribution in [0.3, 0.4) is 0 Å². The molecule has 0 fully saturated rings. The van der Waals surface area contributed by atoms with Gasteiger partial charge in [-0.1, -0.05) is 79.2 Å². The maximum absolute atomic E-state index is 12.6. The van der Waals surface area contributed by atoms with E-state index in [0.717, 1.165) is 30.4 Å². The average molecular weight is 417 g/mol. The van der Waals surface area contributed by atoms with Gasteiger partial charge in [0.15, 0.2) is 8.32 Å². The van der Waals surface area contributed by atoms with Gasteiger partial charge in [-0.05, 0) is 46.7 Å². The molecule has 0 aromatic heterocycles. The molecule has 1 aliphatic heterocycles. The lowest BCUT2D eigenvalue weighted by molar-refractivity contribution is -0.140. The van der Waals surface area contributed by atoms with E-state index < -0.39 is 8.32 Å². The molecule has 1 atom stereocenters. The lowest BCUT2D eigenvalue weighted by atomic mass is 9.92. The highest BCUT2D eigenvalue weighted by atomic mass is 28.4. The maximum Gasteiger partial charge on any atom is 0.334 e. The van der Waals surface area contributed by atoms with Crippen LogP contribution in [0, 0.1) is 0 Å². The highest BCUT2D eigenvalue weighted by Gasteiger charge is 2.45. The summed E-state index contributed by atoms with van der Waals surface area (Å²) in [5, 5.41) is 0. The first-order chi connectivity index (χ1) is 13.7. The third kappa shape index (κ3) is 5.40. The van der Waals surface area contributed by atoms with Gasteiger partial charge in [0.25, 0.3) is 0 Å². The smallest absolute Gasteiger partial charge is 0.334 e. The zero-order valence-electron chi connectivity index (χ0n) is 19.5. The molecule has 1 heterocycles. The van der Waals surface area contributed by atoms with E-state index in [0.29, 0.717) is 29.8 Å². The fourth-order valence-electron chi connectivity index (χ4n) is 5.04. The van der Waals surface area contributed by atoms with Crippen molar-refractivity contribution in [1.29, 1.82) is 0 Å². The lowest BCUT2D eigenvalue weighted by Crippen LogP contribution is -2.48. The molecule has 4 heteroatoms. The molecule has 1 aromatic rings. The fourth-order valence-corrected chi connectivity index (χ4v) is 10.5. The number of carbonyl (C=O) groups excluding carboxylic acids is 1. The second kappa shape index (κ2) is 10.6. The highest BCUT2D eigenvalue weighted by Crippen LogP contribution is 2.43. The predicted octanol–water partition coefficient (Wildman–Crippen LogP) is 7.09. The third-order valence-corrected chi connectivity index (χ3v) is 12.6. The van der Waals surface area contributed by atoms with E-state index >= 15 is 0 Å². The lowest BCUT2D eigenvalue weighted by Gasteiger charge is -2.43. The number of esters is 1. The molecule has 0 spiro atoms. The van der Waals surface area contributed by atoms with Crippen LogP contribution in [0.5, 0.6) is 0 Å². The molecule has 1 aromatic carbocycles. The Labute approximate surface area is 179 Å². The Kier molecular flexibility index (Phi) is 8.71. The molecule has 0 aliphatic carbocycles. The van der Waals surface area contributed by atoms with E-state index in [1.54, 1.807) is 0 Å². The van der Waals surface area contributed by atoms with Crippen LogP contribution in [0.25, 0.3) is 6.08 Å². The first-order valence-corrected chi connectivity index (χ1v) is 13.5. The number of rotatable bonds is 9. The molecule has 2 rings (SSSR count). The minimum absolute atomic E-state index is 0.0715. The summed E-state index contributed by atoms with van der Waals surface area (Å²) in [6, 6.07) is 8.41. The predicted molar refractivity (Wildman–Crippen MR) is 125 cm³/mol. The third-order valence-electron chi connectivity index (χ3n) is 6.48. The second-order valence-corrected chi connectivity index (χ2v) is 14.8. The standard InChI is InChI=1S/C25H40O3Si/c1-8-9-12-22-15-21-13-10-11-14-24(21)23(16-27-25(22)26)17-28-29(18(2)3,19(4)5)20(6)7/h10-11,13-15,18-20,23H,8-9,12,16-17H2,1-7H3/b22-15-. The zero-order valence-corrected chi connectivity index (χ0v) is 20.5. The number of benzene rings is 1. The van der Waals surface area contributed by atoms with E-state index in [9.17, 15) is 4.79 Å². The summed E-state index contributed by atoms with van der Waals surface area (Å²) in [5.74, 6) is -0.0970. The molecule has 0 bridgehead atoms. The molecule has 0 N–H and O–H groups in total. The molecular weight excluding hydrogens is 376 g/mol. The van der Waals surface area contributed by atoms with E-state index in [-0.39, 0.29) is 11.9 Å². The number of ether oxygens (including phenoxy) is 1. The summed E-state index contributed by atoms with van der Waals surface area (Å²) in [6.45, 7) is 17.0. The molecule has 29 heavy (non-hydrogen) atoms. The van der Waals surface area contributed by atoms with Gasteiger partial charge in [0.05, 0.1) is 0 Å². The summed E-state index contributed by atoms with van der Waals surface area (Å²) < 4.78 is 12.6. The topological polar surface area (TPSA) is 35.5 Å². The second-order valence-electron chi connectivity index (χ2n) is 9.33. The van der Waals surface area contributed by atoms with E-state index in [1.807, 2.05) is 12.1 Å². The van der Waals surface area contributed by atoms with Crippen molar-refractivity contribution in [2.75, 3.05) is 13.2 Å². The van der Waals surface area contributed by atoms with E-state index in [2.05, 4.69) is 66.7 Å². The summed E-state index contributed by atoms with van der Waals surface area (Å²) in [7, 11) is -1.97. The van der Waals surface area contributed by atoms with Crippen molar-refractivity contribution in [1.82, 2.24) is 0 Å². The van der Waals surface area contributed by atoms with Crippen molar-refractivity contribution >= 4 is 20.4 Å². The molecule has 0 saturated carbocycles. The summed E-state index contributed by atoms with van der Waals surface area (Å²) >= 11 is 0. The first kappa shape index (κ1) is 23.9. The van der Waals surface area contributed by atoms with Gasteiger partial charge in [0, 0.05) is 18.1 Å². The van der Waals surface area contributed by atoms with Gasteiger partial charge in [-0.25, -0.2) is 4.79 Å². The molecule has 162 valence electrons. The Balaban J connectivity index is 2.34. The van der Waals surface area contributed by atoms with Gasteiger partial charge in [-0.3, -0.25) is 0 Å². The Morgan fingerprint density at radius 3 is 2.28 bits per heavy atom. The zero-order chi connectivity index (χ0) is 21.6. The monoisotopic (exact) mass is 416 g/mol. The van der Waals surface area contributed by atoms with Crippen LogP contribution >= 0.6 is 0 Å². The van der Waals surface area contributed by atoms with Gasteiger partial charge in [0.2, 0.25) is 0 Å². The molecule has 0 saturated heterocycles. The van der Waals surface area contributed by atoms with Crippen LogP contribution in [-0.2, 0) is 14.0 Å².